The molecule has 0 spiro atoms. The summed E-state index contributed by atoms with van der Waals surface area (Å²) in [5.74, 6) is -0.0516. The van der Waals surface area contributed by atoms with Crippen LogP contribution >= 0.6 is 0 Å². The number of halogens is 6. The molecule has 0 heterocycles. The first kappa shape index (κ1) is 21.7. The second kappa shape index (κ2) is 8.01. The van der Waals surface area contributed by atoms with Gasteiger partial charge in [-0.05, 0) is 55.7 Å². The molecule has 0 radical (unpaired) electrons. The van der Waals surface area contributed by atoms with Gasteiger partial charge in [-0.15, -0.1) is 6.58 Å². The maximum Gasteiger partial charge on any atom is 0.416 e. The van der Waals surface area contributed by atoms with Crippen LogP contribution in [0.25, 0.3) is 0 Å². The first-order valence-corrected chi connectivity index (χ1v) is 9.47. The van der Waals surface area contributed by atoms with Crippen LogP contribution in [0.3, 0.4) is 0 Å². The molecule has 160 valence electrons. The summed E-state index contributed by atoms with van der Waals surface area (Å²) >= 11 is 0. The second-order valence-electron chi connectivity index (χ2n) is 7.75. The topological polar surface area (TPSA) is 32.3 Å². The number of alkyl halides is 6. The monoisotopic (exact) mass is 420 g/mol. The van der Waals surface area contributed by atoms with Gasteiger partial charge in [0.15, 0.2) is 0 Å². The fourth-order valence-electron chi connectivity index (χ4n) is 4.41. The van der Waals surface area contributed by atoms with Crippen LogP contribution in [0.4, 0.5) is 26.3 Å². The van der Waals surface area contributed by atoms with E-state index >= 15 is 0 Å². The van der Waals surface area contributed by atoms with E-state index in [1.807, 2.05) is 0 Å². The molecule has 1 aromatic rings. The zero-order chi connectivity index (χ0) is 21.4. The fourth-order valence-corrected chi connectivity index (χ4v) is 4.41. The smallest absolute Gasteiger partial charge is 0.284 e. The van der Waals surface area contributed by atoms with E-state index in [-0.39, 0.29) is 12.1 Å². The molecule has 29 heavy (non-hydrogen) atoms. The molecule has 0 unspecified atom stereocenters. The first-order chi connectivity index (χ1) is 13.5. The summed E-state index contributed by atoms with van der Waals surface area (Å²) in [6, 6.07) is 0.960. The summed E-state index contributed by atoms with van der Waals surface area (Å²) in [6.07, 6.45) is -3.79. The van der Waals surface area contributed by atoms with Crippen molar-refractivity contribution in [3.63, 3.8) is 0 Å². The number of hydrogen-bond donors (Lipinski definition) is 1. The highest BCUT2D eigenvalue weighted by Gasteiger charge is 2.43. The number of hydrogen-bond acceptors (Lipinski definition) is 2. The van der Waals surface area contributed by atoms with E-state index in [2.05, 4.69) is 12.0 Å². The summed E-state index contributed by atoms with van der Waals surface area (Å²) in [7, 11) is 0. The summed E-state index contributed by atoms with van der Waals surface area (Å²) in [5, 5.41) is 1.67. The molecular formula is C20H22F6N2O. The molecule has 1 N–H and O–H groups in total. The van der Waals surface area contributed by atoms with Crippen molar-refractivity contribution in [1.29, 1.82) is 0 Å². The minimum absolute atomic E-state index is 0.0161. The van der Waals surface area contributed by atoms with Crippen molar-refractivity contribution < 1.29 is 31.1 Å². The normalized spacial score (nSPS) is 24.2. The van der Waals surface area contributed by atoms with Crippen molar-refractivity contribution >= 4 is 5.91 Å². The predicted octanol–water partition coefficient (Wildman–Crippen LogP) is 5.44. The Morgan fingerprint density at radius 3 is 2.14 bits per heavy atom. The van der Waals surface area contributed by atoms with Crippen molar-refractivity contribution in [2.45, 2.75) is 50.5 Å². The highest BCUT2D eigenvalue weighted by Crippen LogP contribution is 2.46. The van der Waals surface area contributed by atoms with Crippen LogP contribution in [0.1, 0.15) is 53.6 Å². The van der Waals surface area contributed by atoms with Gasteiger partial charge in [0, 0.05) is 18.2 Å². The minimum atomic E-state index is -5.00. The van der Waals surface area contributed by atoms with Crippen molar-refractivity contribution in [1.82, 2.24) is 10.4 Å². The van der Waals surface area contributed by atoms with Gasteiger partial charge in [-0.3, -0.25) is 10.2 Å². The van der Waals surface area contributed by atoms with Gasteiger partial charge in [-0.1, -0.05) is 12.5 Å². The number of benzene rings is 1. The number of hydrazine groups is 1. The fraction of sp³-hybridized carbons (Fsp3) is 0.550. The lowest BCUT2D eigenvalue weighted by Gasteiger charge is -2.34. The van der Waals surface area contributed by atoms with Crippen molar-refractivity contribution in [2.75, 3.05) is 6.54 Å². The summed E-state index contributed by atoms with van der Waals surface area (Å²) in [5.41, 5.74) is -1.11. The highest BCUT2D eigenvalue weighted by atomic mass is 19.4. The van der Waals surface area contributed by atoms with Gasteiger partial charge >= 0.3 is 12.4 Å². The lowest BCUT2D eigenvalue weighted by atomic mass is 9.95. The van der Waals surface area contributed by atoms with Crippen LogP contribution in [0.5, 0.6) is 0 Å². The molecule has 0 saturated heterocycles. The molecule has 1 aromatic carbocycles. The highest BCUT2D eigenvalue weighted by molar-refractivity contribution is 5.94. The van der Waals surface area contributed by atoms with Gasteiger partial charge in [-0.25, -0.2) is 5.01 Å². The second-order valence-corrected chi connectivity index (χ2v) is 7.75. The number of carbonyl (C=O) groups is 1. The molecule has 2 aliphatic rings. The standard InChI is InChI=1S/C20H22F6N2O/c1-2-3-6-28(17-8-12-4-5-13(17)7-12)27-18(29)14-9-15(19(21,22)23)11-16(10-14)20(24,25)26/h2,9-13,17H,1,3-8H2,(H,27,29)/t12-,13+,17+/m0/s1. The summed E-state index contributed by atoms with van der Waals surface area (Å²) < 4.78 is 78.3. The van der Waals surface area contributed by atoms with E-state index in [4.69, 9.17) is 0 Å². The molecule has 3 atom stereocenters. The van der Waals surface area contributed by atoms with Gasteiger partial charge in [0.25, 0.3) is 5.91 Å². The molecule has 9 heteroatoms. The van der Waals surface area contributed by atoms with E-state index in [0.29, 0.717) is 36.9 Å². The molecule has 3 rings (SSSR count). The Morgan fingerprint density at radius 1 is 1.07 bits per heavy atom. The van der Waals surface area contributed by atoms with Crippen LogP contribution in [0.2, 0.25) is 0 Å². The van der Waals surface area contributed by atoms with Gasteiger partial charge in [0.1, 0.15) is 0 Å². The van der Waals surface area contributed by atoms with Crippen LogP contribution in [-0.2, 0) is 12.4 Å². The SMILES string of the molecule is C=CCCN(NC(=O)c1cc(C(F)(F)F)cc(C(F)(F)F)c1)[C@@H]1C[C@H]2CC[C@@H]1C2. The zero-order valence-corrected chi connectivity index (χ0v) is 15.6. The van der Waals surface area contributed by atoms with E-state index in [0.717, 1.165) is 25.7 Å². The van der Waals surface area contributed by atoms with Crippen LogP contribution in [0.15, 0.2) is 30.9 Å². The molecule has 2 aliphatic carbocycles. The van der Waals surface area contributed by atoms with E-state index in [9.17, 15) is 31.1 Å². The molecule has 2 saturated carbocycles. The maximum atomic E-state index is 13.1. The van der Waals surface area contributed by atoms with Crippen LogP contribution in [-0.4, -0.2) is 23.5 Å². The third-order valence-electron chi connectivity index (χ3n) is 5.77. The Balaban J connectivity index is 1.86. The molecule has 2 fully saturated rings. The predicted molar refractivity (Wildman–Crippen MR) is 94.7 cm³/mol. The Kier molecular flexibility index (Phi) is 5.98. The number of rotatable bonds is 6. The largest absolute Gasteiger partial charge is 0.416 e. The number of fused-ring (bicyclic) bond motifs is 2. The third-order valence-corrected chi connectivity index (χ3v) is 5.77. The number of nitrogens with one attached hydrogen (secondary N) is 1. The summed E-state index contributed by atoms with van der Waals surface area (Å²) in [6.45, 7) is 4.03. The number of amides is 1. The third kappa shape index (κ3) is 4.94. The molecular weight excluding hydrogens is 398 g/mol. The summed E-state index contributed by atoms with van der Waals surface area (Å²) in [4.78, 5) is 12.6. The van der Waals surface area contributed by atoms with Crippen molar-refractivity contribution in [2.24, 2.45) is 11.8 Å². The van der Waals surface area contributed by atoms with E-state index in [1.165, 1.54) is 0 Å². The minimum Gasteiger partial charge on any atom is -0.284 e. The number of carbonyl (C=O) groups excluding carboxylic acids is 1. The van der Waals surface area contributed by atoms with Crippen molar-refractivity contribution in [3.8, 4) is 0 Å². The van der Waals surface area contributed by atoms with Gasteiger partial charge in [-0.2, -0.15) is 26.3 Å². The maximum absolute atomic E-state index is 13.1. The van der Waals surface area contributed by atoms with Gasteiger partial charge in [0.2, 0.25) is 0 Å². The van der Waals surface area contributed by atoms with Crippen LogP contribution in [0, 0.1) is 11.8 Å². The Labute approximate surface area is 164 Å². The average molecular weight is 420 g/mol. The Morgan fingerprint density at radius 2 is 1.69 bits per heavy atom. The lowest BCUT2D eigenvalue weighted by Crippen LogP contribution is -2.51. The Hall–Kier alpha value is -2.03. The Bertz CT molecular complexity index is 741. The van der Waals surface area contributed by atoms with Crippen LogP contribution < -0.4 is 5.43 Å². The van der Waals surface area contributed by atoms with Gasteiger partial charge in [0.05, 0.1) is 11.1 Å². The molecule has 0 aromatic heterocycles. The lowest BCUT2D eigenvalue weighted by molar-refractivity contribution is -0.143. The average Bonchev–Trinajstić information content (AvgIpc) is 3.26. The molecule has 2 bridgehead atoms. The molecule has 3 nitrogen and oxygen atoms in total. The zero-order valence-electron chi connectivity index (χ0n) is 15.6. The van der Waals surface area contributed by atoms with Crippen molar-refractivity contribution in [3.05, 3.63) is 47.5 Å². The number of nitrogens with zero attached hydrogens (tertiary/aromatic N) is 1. The van der Waals surface area contributed by atoms with Gasteiger partial charge < -0.3 is 0 Å². The quantitative estimate of drug-likeness (QED) is 0.378. The van der Waals surface area contributed by atoms with E-state index in [1.54, 1.807) is 11.1 Å². The molecule has 0 aliphatic heterocycles. The molecule has 1 amide bonds. The van der Waals surface area contributed by atoms with E-state index < -0.39 is 35.0 Å². The first-order valence-electron chi connectivity index (χ1n) is 9.47.